The minimum Gasteiger partial charge on any atom is -0.597 e. The highest BCUT2D eigenvalue weighted by Gasteiger charge is 2.42. The van der Waals surface area contributed by atoms with Crippen molar-refractivity contribution < 1.29 is 48.1 Å². The number of rotatable bonds is 10. The molecule has 200 valence electrons. The van der Waals surface area contributed by atoms with Crippen LogP contribution in [0.1, 0.15) is 36.5 Å². The van der Waals surface area contributed by atoms with Crippen LogP contribution in [-0.4, -0.2) is 45.5 Å². The Balaban J connectivity index is 1.61. The highest BCUT2D eigenvalue weighted by Crippen LogP contribution is 2.32. The van der Waals surface area contributed by atoms with Crippen molar-refractivity contribution in [2.75, 3.05) is 6.79 Å². The van der Waals surface area contributed by atoms with Gasteiger partial charge in [0.05, 0.1) is 15.9 Å². The van der Waals surface area contributed by atoms with Crippen molar-refractivity contribution in [1.29, 1.82) is 0 Å². The molecule has 0 heterocycles. The topological polar surface area (TPSA) is 213 Å². The smallest absolute Gasteiger partial charge is 0.344 e. The molecule has 2 aromatic rings. The lowest BCUT2D eigenvalue weighted by molar-refractivity contribution is -0.591. The summed E-state index contributed by atoms with van der Waals surface area (Å²) >= 11 is 0. The van der Waals surface area contributed by atoms with E-state index in [1.165, 1.54) is 18.2 Å². The lowest BCUT2D eigenvalue weighted by Gasteiger charge is -2.15. The number of non-ortho nitro benzene ring substituents is 1. The number of carbonyl (C=O) groups is 3. The SMILES string of the molecule is CC(=O)Oc1ccccc1C(=O)OCOC(=O)[C@@H]1CCCC1/[N+]([O-])=N/Oc1ccc([N+](=O)[O-])cc1[N+](=O)[O-]. The number of benzene rings is 2. The third-order valence-corrected chi connectivity index (χ3v) is 5.39. The molecule has 1 unspecified atom stereocenters. The molecule has 1 aliphatic rings. The summed E-state index contributed by atoms with van der Waals surface area (Å²) in [4.78, 5) is 61.2. The third-order valence-electron chi connectivity index (χ3n) is 5.39. The van der Waals surface area contributed by atoms with Gasteiger partial charge in [-0.25, -0.2) is 4.79 Å². The highest BCUT2D eigenvalue weighted by atomic mass is 16.7. The number of ether oxygens (including phenoxy) is 3. The van der Waals surface area contributed by atoms with E-state index in [1.54, 1.807) is 6.07 Å². The van der Waals surface area contributed by atoms with Gasteiger partial charge in [0.15, 0.2) is 0 Å². The second kappa shape index (κ2) is 12.2. The van der Waals surface area contributed by atoms with Crippen LogP contribution in [0.25, 0.3) is 0 Å². The predicted octanol–water partition coefficient (Wildman–Crippen LogP) is 3.21. The second-order valence-corrected chi connectivity index (χ2v) is 7.85. The number of nitro groups is 2. The van der Waals surface area contributed by atoms with Gasteiger partial charge >= 0.3 is 23.6 Å². The van der Waals surface area contributed by atoms with Crippen LogP contribution < -0.4 is 9.57 Å². The summed E-state index contributed by atoms with van der Waals surface area (Å²) in [7, 11) is 0. The Bertz CT molecular complexity index is 1290. The first kappa shape index (κ1) is 27.4. The zero-order valence-corrected chi connectivity index (χ0v) is 19.7. The van der Waals surface area contributed by atoms with Gasteiger partial charge in [-0.1, -0.05) is 17.0 Å². The van der Waals surface area contributed by atoms with Gasteiger partial charge in [-0.3, -0.25) is 34.7 Å². The molecule has 3 rings (SSSR count). The van der Waals surface area contributed by atoms with Gasteiger partial charge in [0.1, 0.15) is 17.2 Å². The molecular weight excluding hydrogens is 512 g/mol. The predicted molar refractivity (Wildman–Crippen MR) is 122 cm³/mol. The standard InChI is InChI=1S/C22H20N4O12/c1-13(27)37-19-8-3-2-5-16(19)22(29)36-12-35-21(28)15-6-4-7-17(15)24(30)23-38-20-10-9-14(25(31)32)11-18(20)26(33)34/h2-3,5,8-11,15,17H,4,6-7,12H2,1H3/b24-23-/t15-,17?/m1/s1. The van der Waals surface area contributed by atoms with E-state index in [1.807, 2.05) is 0 Å². The van der Waals surface area contributed by atoms with Crippen molar-refractivity contribution >= 4 is 29.3 Å². The number of para-hydroxylation sites is 1. The minimum atomic E-state index is -1.04. The molecule has 16 heteroatoms. The van der Waals surface area contributed by atoms with Crippen LogP contribution in [0.5, 0.6) is 11.5 Å². The van der Waals surface area contributed by atoms with E-state index in [9.17, 15) is 39.8 Å². The maximum absolute atomic E-state index is 12.5. The zero-order chi connectivity index (χ0) is 27.8. The van der Waals surface area contributed by atoms with Gasteiger partial charge in [-0.2, -0.15) is 0 Å². The third kappa shape index (κ3) is 6.74. The minimum absolute atomic E-state index is 0.0379. The van der Waals surface area contributed by atoms with Crippen molar-refractivity contribution in [2.45, 2.75) is 32.2 Å². The second-order valence-electron chi connectivity index (χ2n) is 7.85. The highest BCUT2D eigenvalue weighted by molar-refractivity contribution is 5.93. The van der Waals surface area contributed by atoms with E-state index in [0.717, 1.165) is 19.1 Å². The van der Waals surface area contributed by atoms with Crippen molar-refractivity contribution in [3.05, 3.63) is 73.5 Å². The number of hydrogen-bond donors (Lipinski definition) is 0. The fraction of sp³-hybridized carbons (Fsp3) is 0.318. The van der Waals surface area contributed by atoms with Gasteiger partial charge in [-0.15, -0.1) is 0 Å². The summed E-state index contributed by atoms with van der Waals surface area (Å²) in [6.45, 7) is 0.377. The van der Waals surface area contributed by atoms with Crippen LogP contribution in [-0.2, 0) is 19.1 Å². The zero-order valence-electron chi connectivity index (χ0n) is 19.7. The van der Waals surface area contributed by atoms with E-state index in [-0.39, 0.29) is 29.0 Å². The molecule has 2 aromatic carbocycles. The molecule has 1 saturated carbocycles. The van der Waals surface area contributed by atoms with E-state index in [0.29, 0.717) is 12.5 Å². The van der Waals surface area contributed by atoms with Crippen LogP contribution in [0.3, 0.4) is 0 Å². The Labute approximate surface area is 213 Å². The molecule has 0 bridgehead atoms. The first-order valence-corrected chi connectivity index (χ1v) is 11.0. The molecule has 0 aliphatic heterocycles. The fourth-order valence-electron chi connectivity index (χ4n) is 3.67. The molecule has 38 heavy (non-hydrogen) atoms. The molecule has 0 amide bonds. The number of nitrogens with zero attached hydrogens (tertiary/aromatic N) is 4. The van der Waals surface area contributed by atoms with Gasteiger partial charge in [0, 0.05) is 19.4 Å². The van der Waals surface area contributed by atoms with Gasteiger partial charge in [-0.05, 0) is 31.0 Å². The normalized spacial score (nSPS) is 16.8. The first-order valence-electron chi connectivity index (χ1n) is 11.0. The molecule has 0 N–H and O–H groups in total. The average Bonchev–Trinajstić information content (AvgIpc) is 3.37. The van der Waals surface area contributed by atoms with Crippen molar-refractivity contribution in [2.24, 2.45) is 11.2 Å². The fourth-order valence-corrected chi connectivity index (χ4v) is 3.67. The summed E-state index contributed by atoms with van der Waals surface area (Å²) in [5.74, 6) is -3.95. The number of hydroxylamine groups is 1. The molecule has 0 saturated heterocycles. The number of carbonyl (C=O) groups excluding carboxylic acids is 3. The molecule has 2 atom stereocenters. The number of esters is 3. The largest absolute Gasteiger partial charge is 0.597 e. The summed E-state index contributed by atoms with van der Waals surface area (Å²) in [5, 5.41) is 37.8. The van der Waals surface area contributed by atoms with Crippen molar-refractivity contribution in [3.63, 3.8) is 0 Å². The van der Waals surface area contributed by atoms with E-state index in [2.05, 4.69) is 5.28 Å². The molecule has 16 nitrogen and oxygen atoms in total. The summed E-state index contributed by atoms with van der Waals surface area (Å²) in [5.41, 5.74) is -1.41. The van der Waals surface area contributed by atoms with Gasteiger partial charge in [0.25, 0.3) is 5.69 Å². The van der Waals surface area contributed by atoms with Gasteiger partial charge < -0.3 is 19.4 Å². The molecule has 0 radical (unpaired) electrons. The Morgan fingerprint density at radius 3 is 2.39 bits per heavy atom. The molecular formula is C22H20N4O12. The van der Waals surface area contributed by atoms with Crippen LogP contribution >= 0.6 is 0 Å². The Morgan fingerprint density at radius 2 is 1.71 bits per heavy atom. The Morgan fingerprint density at radius 1 is 0.974 bits per heavy atom. The Kier molecular flexibility index (Phi) is 8.81. The maximum atomic E-state index is 12.5. The molecule has 0 spiro atoms. The van der Waals surface area contributed by atoms with E-state index >= 15 is 0 Å². The Hall–Kier alpha value is -5.15. The van der Waals surface area contributed by atoms with Crippen LogP contribution in [0, 0.1) is 31.4 Å². The monoisotopic (exact) mass is 532 g/mol. The molecule has 1 aliphatic carbocycles. The van der Waals surface area contributed by atoms with Gasteiger partial charge in [0.2, 0.25) is 23.9 Å². The first-order chi connectivity index (χ1) is 18.1. The maximum Gasteiger partial charge on any atom is 0.344 e. The lowest BCUT2D eigenvalue weighted by atomic mass is 10.1. The van der Waals surface area contributed by atoms with Crippen molar-refractivity contribution in [1.82, 2.24) is 0 Å². The summed E-state index contributed by atoms with van der Waals surface area (Å²) < 4.78 is 14.8. The number of hydrogen-bond acceptors (Lipinski definition) is 13. The quantitative estimate of drug-likeness (QED) is 0.0820. The van der Waals surface area contributed by atoms with E-state index < -0.39 is 63.6 Å². The number of nitro benzene ring substituents is 2. The average molecular weight is 532 g/mol. The lowest BCUT2D eigenvalue weighted by Crippen LogP contribution is -2.32. The van der Waals surface area contributed by atoms with Crippen molar-refractivity contribution in [3.8, 4) is 11.5 Å². The van der Waals surface area contributed by atoms with Crippen LogP contribution in [0.2, 0.25) is 0 Å². The summed E-state index contributed by atoms with van der Waals surface area (Å²) in [6.07, 6.45) is 0.915. The summed E-state index contributed by atoms with van der Waals surface area (Å²) in [6, 6.07) is 7.25. The van der Waals surface area contributed by atoms with Crippen LogP contribution in [0.15, 0.2) is 47.7 Å². The van der Waals surface area contributed by atoms with Crippen LogP contribution in [0.4, 0.5) is 11.4 Å². The molecule has 0 aromatic heterocycles. The molecule has 1 fully saturated rings. The van der Waals surface area contributed by atoms with E-state index in [4.69, 9.17) is 19.0 Å².